The van der Waals surface area contributed by atoms with E-state index < -0.39 is 52.7 Å². The lowest BCUT2D eigenvalue weighted by molar-refractivity contribution is -0.127. The number of ether oxygens (including phenoxy) is 1. The Kier molecular flexibility index (Phi) is 9.53. The third-order valence-electron chi connectivity index (χ3n) is 12.3. The van der Waals surface area contributed by atoms with Gasteiger partial charge in [0.25, 0.3) is 0 Å². The molecule has 4 aliphatic rings. The van der Waals surface area contributed by atoms with Gasteiger partial charge in [-0.3, -0.25) is 28.9 Å². The van der Waals surface area contributed by atoms with Crippen LogP contribution in [0.15, 0.2) is 136 Å². The second kappa shape index (κ2) is 14.5. The Morgan fingerprint density at radius 2 is 1.43 bits per heavy atom. The van der Waals surface area contributed by atoms with E-state index in [1.165, 1.54) is 16.9 Å². The van der Waals surface area contributed by atoms with Crippen LogP contribution >= 0.6 is 43.5 Å². The van der Waals surface area contributed by atoms with E-state index in [1.54, 1.807) is 78.9 Å². The molecule has 4 amide bonds. The van der Waals surface area contributed by atoms with Crippen LogP contribution in [0.3, 0.4) is 0 Å². The molecule has 6 atom stereocenters. The van der Waals surface area contributed by atoms with Crippen molar-refractivity contribution >= 4 is 84.2 Å². The largest absolute Gasteiger partial charge is 0.503 e. The minimum absolute atomic E-state index is 0.103. The Morgan fingerprint density at radius 3 is 2.10 bits per heavy atom. The van der Waals surface area contributed by atoms with Crippen LogP contribution in [-0.4, -0.2) is 41.6 Å². The zero-order chi connectivity index (χ0) is 40.6. The monoisotopic (exact) mass is 918 g/mol. The van der Waals surface area contributed by atoms with Gasteiger partial charge in [0, 0.05) is 26.5 Å². The third kappa shape index (κ3) is 5.57. The minimum Gasteiger partial charge on any atom is -0.503 e. The molecule has 0 spiro atoms. The molecule has 2 aliphatic carbocycles. The lowest BCUT2D eigenvalue weighted by atomic mass is 9.49. The second-order valence-corrected chi connectivity index (χ2v) is 17.0. The molecule has 0 aromatic heterocycles. The van der Waals surface area contributed by atoms with E-state index in [-0.39, 0.29) is 40.5 Å². The molecule has 290 valence electrons. The van der Waals surface area contributed by atoms with Gasteiger partial charge >= 0.3 is 0 Å². The molecule has 0 radical (unpaired) electrons. The first-order valence-corrected chi connectivity index (χ1v) is 20.7. The van der Waals surface area contributed by atoms with Gasteiger partial charge in [0.1, 0.15) is 0 Å². The average molecular weight is 921 g/mol. The zero-order valence-electron chi connectivity index (χ0n) is 30.8. The standard InChI is InChI=1S/C46H33Br2ClN2O7/c1-58-35-23-33(38(47)39(48)41(35)53)37-30-19-20-31-36(44(56)50(42(31)54)28-17-15-25(16-18-28)40(52)24-9-4-2-5-10-24)32(30)22-34-43(55)51(29-14-8-13-27(49)21-29)45(57)46(34,37)26-11-6-3-7-12-26/h2-19,21,23,31-32,34,36-37,53H,20,22H2,1H3/t31-,32+,34-,36-,37+,46+/m0/s1. The number of aromatic hydroxyl groups is 1. The number of hydrogen-bond acceptors (Lipinski definition) is 7. The highest BCUT2D eigenvalue weighted by Crippen LogP contribution is 2.66. The number of ketones is 1. The smallest absolute Gasteiger partial charge is 0.246 e. The molecule has 2 aliphatic heterocycles. The van der Waals surface area contributed by atoms with Crippen LogP contribution in [0, 0.1) is 23.7 Å². The maximum absolute atomic E-state index is 15.6. The molecule has 3 fully saturated rings. The van der Waals surface area contributed by atoms with Crippen molar-refractivity contribution in [1.82, 2.24) is 0 Å². The normalized spacial score (nSPS) is 25.0. The number of carbonyl (C=O) groups is 5. The minimum atomic E-state index is -1.54. The summed E-state index contributed by atoms with van der Waals surface area (Å²) in [5.74, 6) is -5.96. The second-order valence-electron chi connectivity index (χ2n) is 15.0. The molecule has 1 N–H and O–H groups in total. The van der Waals surface area contributed by atoms with Crippen LogP contribution in [0.5, 0.6) is 11.5 Å². The van der Waals surface area contributed by atoms with Gasteiger partial charge in [0.15, 0.2) is 17.3 Å². The molecule has 2 saturated heterocycles. The van der Waals surface area contributed by atoms with Crippen molar-refractivity contribution in [3.05, 3.63) is 163 Å². The number of carbonyl (C=O) groups excluding carboxylic acids is 5. The molecular formula is C46H33Br2ClN2O7. The number of phenols is 1. The fourth-order valence-corrected chi connectivity index (χ4v) is 11.0. The van der Waals surface area contributed by atoms with Gasteiger partial charge in [-0.1, -0.05) is 90.0 Å². The summed E-state index contributed by atoms with van der Waals surface area (Å²) in [6.07, 6.45) is 2.28. The molecule has 9 rings (SSSR count). The Labute approximate surface area is 355 Å². The van der Waals surface area contributed by atoms with E-state index >= 15 is 9.59 Å². The predicted octanol–water partition coefficient (Wildman–Crippen LogP) is 9.18. The number of amides is 4. The van der Waals surface area contributed by atoms with E-state index in [2.05, 4.69) is 31.9 Å². The van der Waals surface area contributed by atoms with Crippen molar-refractivity contribution in [2.24, 2.45) is 23.7 Å². The number of nitrogens with zero attached hydrogens (tertiary/aromatic N) is 2. The summed E-state index contributed by atoms with van der Waals surface area (Å²) in [6, 6.07) is 32.7. The van der Waals surface area contributed by atoms with Gasteiger partial charge in [0.05, 0.1) is 46.1 Å². The maximum atomic E-state index is 15.6. The van der Waals surface area contributed by atoms with Crippen LogP contribution in [-0.2, 0) is 24.6 Å². The van der Waals surface area contributed by atoms with Crippen molar-refractivity contribution in [3.63, 3.8) is 0 Å². The molecule has 58 heavy (non-hydrogen) atoms. The van der Waals surface area contributed by atoms with Crippen LogP contribution in [0.2, 0.25) is 5.02 Å². The molecule has 5 aromatic rings. The number of benzene rings is 5. The number of halogens is 3. The summed E-state index contributed by atoms with van der Waals surface area (Å²) in [5.41, 5.74) is 1.95. The van der Waals surface area contributed by atoms with E-state index in [9.17, 15) is 19.5 Å². The highest BCUT2D eigenvalue weighted by atomic mass is 79.9. The molecule has 1 saturated carbocycles. The molecule has 5 aromatic carbocycles. The first-order valence-electron chi connectivity index (χ1n) is 18.7. The summed E-state index contributed by atoms with van der Waals surface area (Å²) in [5, 5.41) is 11.4. The average Bonchev–Trinajstić information content (AvgIpc) is 3.64. The number of methoxy groups -OCH3 is 1. The molecule has 12 heteroatoms. The van der Waals surface area contributed by atoms with Crippen LogP contribution < -0.4 is 14.5 Å². The fraction of sp³-hybridized carbons (Fsp3) is 0.196. The van der Waals surface area contributed by atoms with Gasteiger partial charge in [-0.15, -0.1) is 0 Å². The van der Waals surface area contributed by atoms with Gasteiger partial charge in [-0.2, -0.15) is 0 Å². The van der Waals surface area contributed by atoms with Crippen molar-refractivity contribution in [3.8, 4) is 11.5 Å². The Morgan fingerprint density at radius 1 is 0.759 bits per heavy atom. The highest BCUT2D eigenvalue weighted by molar-refractivity contribution is 9.13. The maximum Gasteiger partial charge on any atom is 0.246 e. The SMILES string of the molecule is COc1cc([C@H]2C3=CC[C@@H]4C(=O)N(c5ccc(C(=O)c6ccccc6)cc5)C(=O)[C@@H]4[C@@H]3C[C@H]3C(=O)N(c4cccc(Cl)c4)C(=O)[C@@]23c2ccccc2)c(Br)c(Br)c1O. The lowest BCUT2D eigenvalue weighted by Gasteiger charge is -2.51. The summed E-state index contributed by atoms with van der Waals surface area (Å²) in [7, 11) is 1.43. The van der Waals surface area contributed by atoms with E-state index in [4.69, 9.17) is 16.3 Å². The molecule has 0 bridgehead atoms. The third-order valence-corrected chi connectivity index (χ3v) is 14.7. The highest BCUT2D eigenvalue weighted by Gasteiger charge is 2.70. The number of fused-ring (bicyclic) bond motifs is 4. The van der Waals surface area contributed by atoms with Gasteiger partial charge in [-0.05, 0) is 110 Å². The predicted molar refractivity (Wildman–Crippen MR) is 225 cm³/mol. The van der Waals surface area contributed by atoms with Crippen molar-refractivity contribution in [1.29, 1.82) is 0 Å². The topological polar surface area (TPSA) is 121 Å². The molecule has 2 heterocycles. The van der Waals surface area contributed by atoms with Gasteiger partial charge < -0.3 is 9.84 Å². The summed E-state index contributed by atoms with van der Waals surface area (Å²) < 4.78 is 6.36. The molecule has 0 unspecified atom stereocenters. The Hall–Kier alpha value is -5.36. The quantitative estimate of drug-likeness (QED) is 0.0983. The van der Waals surface area contributed by atoms with Crippen molar-refractivity contribution in [2.45, 2.75) is 24.2 Å². The number of imide groups is 2. The number of phenolic OH excluding ortho intramolecular Hbond substituents is 1. The summed E-state index contributed by atoms with van der Waals surface area (Å²) in [6.45, 7) is 0. The molecule has 9 nitrogen and oxygen atoms in total. The van der Waals surface area contributed by atoms with E-state index in [0.717, 1.165) is 5.57 Å². The van der Waals surface area contributed by atoms with Crippen LogP contribution in [0.25, 0.3) is 0 Å². The first-order chi connectivity index (χ1) is 28.0. The molecular weight excluding hydrogens is 888 g/mol. The van der Waals surface area contributed by atoms with Gasteiger partial charge in [-0.25, -0.2) is 4.90 Å². The summed E-state index contributed by atoms with van der Waals surface area (Å²) in [4.78, 5) is 75.4. The summed E-state index contributed by atoms with van der Waals surface area (Å²) >= 11 is 13.7. The van der Waals surface area contributed by atoms with Crippen molar-refractivity contribution in [2.75, 3.05) is 16.9 Å². The number of anilines is 2. The number of hydrogen-bond donors (Lipinski definition) is 1. The fourth-order valence-electron chi connectivity index (χ4n) is 9.84. The van der Waals surface area contributed by atoms with Gasteiger partial charge in [0.2, 0.25) is 23.6 Å². The lowest BCUT2D eigenvalue weighted by Crippen LogP contribution is -2.53. The number of allylic oxidation sites excluding steroid dienone is 2. The van der Waals surface area contributed by atoms with E-state index in [0.29, 0.717) is 43.1 Å². The zero-order valence-corrected chi connectivity index (χ0v) is 34.7. The number of rotatable bonds is 7. The van der Waals surface area contributed by atoms with Crippen LogP contribution in [0.1, 0.15) is 45.8 Å². The Balaban J connectivity index is 1.20. The van der Waals surface area contributed by atoms with Crippen molar-refractivity contribution < 1.29 is 33.8 Å². The Bertz CT molecular complexity index is 2600. The van der Waals surface area contributed by atoms with Crippen LogP contribution in [0.4, 0.5) is 11.4 Å². The first kappa shape index (κ1) is 38.2. The van der Waals surface area contributed by atoms with E-state index in [1.807, 2.05) is 42.5 Å².